The Morgan fingerprint density at radius 3 is 2.19 bits per heavy atom. The van der Waals surface area contributed by atoms with Crippen LogP contribution in [0.3, 0.4) is 0 Å². The summed E-state index contributed by atoms with van der Waals surface area (Å²) in [4.78, 5) is 26.7. The molecule has 1 fully saturated rings. The molecule has 2 amide bonds. The van der Waals surface area contributed by atoms with Gasteiger partial charge in [-0.15, -0.1) is 0 Å². The fourth-order valence-electron chi connectivity index (χ4n) is 3.04. The highest BCUT2D eigenvalue weighted by molar-refractivity contribution is 8.18. The molecular formula is C24H16Cl3NO3S. The summed E-state index contributed by atoms with van der Waals surface area (Å²) in [6, 6.07) is 19.8. The first-order chi connectivity index (χ1) is 15.4. The normalized spacial score (nSPS) is 15.0. The van der Waals surface area contributed by atoms with E-state index in [1.54, 1.807) is 24.3 Å². The number of amides is 2. The van der Waals surface area contributed by atoms with Gasteiger partial charge in [-0.3, -0.25) is 14.5 Å². The van der Waals surface area contributed by atoms with Gasteiger partial charge >= 0.3 is 0 Å². The third kappa shape index (κ3) is 5.30. The molecule has 0 aromatic heterocycles. The average molecular weight is 505 g/mol. The van der Waals surface area contributed by atoms with E-state index in [1.165, 1.54) is 0 Å². The van der Waals surface area contributed by atoms with Crippen molar-refractivity contribution in [3.05, 3.63) is 103 Å². The second kappa shape index (κ2) is 10.0. The van der Waals surface area contributed by atoms with Crippen molar-refractivity contribution in [2.75, 3.05) is 0 Å². The van der Waals surface area contributed by atoms with Crippen LogP contribution in [0, 0.1) is 0 Å². The number of halogens is 3. The lowest BCUT2D eigenvalue weighted by Crippen LogP contribution is -2.27. The smallest absolute Gasteiger partial charge is 0.293 e. The summed E-state index contributed by atoms with van der Waals surface area (Å²) in [5, 5.41) is 1.14. The quantitative estimate of drug-likeness (QED) is 0.327. The van der Waals surface area contributed by atoms with Crippen LogP contribution in [0.2, 0.25) is 15.1 Å². The molecule has 1 saturated heterocycles. The first kappa shape index (κ1) is 22.7. The molecule has 1 aliphatic rings. The van der Waals surface area contributed by atoms with Gasteiger partial charge in [0.1, 0.15) is 12.4 Å². The van der Waals surface area contributed by atoms with Crippen molar-refractivity contribution < 1.29 is 14.3 Å². The number of ether oxygens (including phenoxy) is 1. The number of nitrogens with zero attached hydrogens (tertiary/aromatic N) is 1. The van der Waals surface area contributed by atoms with Gasteiger partial charge in [-0.1, -0.05) is 65.1 Å². The fourth-order valence-corrected chi connectivity index (χ4v) is 4.52. The van der Waals surface area contributed by atoms with Gasteiger partial charge in [-0.05, 0) is 65.4 Å². The molecule has 3 aromatic rings. The Hall–Kier alpha value is -2.44. The van der Waals surface area contributed by atoms with Crippen molar-refractivity contribution in [2.45, 2.75) is 13.2 Å². The molecule has 1 heterocycles. The molecule has 4 rings (SSSR count). The van der Waals surface area contributed by atoms with E-state index in [0.29, 0.717) is 37.9 Å². The van der Waals surface area contributed by atoms with Gasteiger partial charge < -0.3 is 4.74 Å². The minimum Gasteiger partial charge on any atom is -0.489 e. The second-order valence-corrected chi connectivity index (χ2v) is 9.20. The zero-order valence-electron chi connectivity index (χ0n) is 16.6. The zero-order valence-corrected chi connectivity index (χ0v) is 19.6. The van der Waals surface area contributed by atoms with Crippen LogP contribution in [0.5, 0.6) is 5.75 Å². The SMILES string of the molecule is O=C1S/C(=C/c2ccc(OCc3ccc(Cl)cc3)cc2)C(=O)N1Cc1c(Cl)cccc1Cl. The summed E-state index contributed by atoms with van der Waals surface area (Å²) in [6.07, 6.45) is 1.68. The number of imide groups is 1. The Morgan fingerprint density at radius 1 is 0.875 bits per heavy atom. The van der Waals surface area contributed by atoms with Crippen LogP contribution in [0.4, 0.5) is 4.79 Å². The predicted molar refractivity (Wildman–Crippen MR) is 130 cm³/mol. The molecule has 8 heteroatoms. The Morgan fingerprint density at radius 2 is 1.53 bits per heavy atom. The van der Waals surface area contributed by atoms with Crippen molar-refractivity contribution in [3.63, 3.8) is 0 Å². The highest BCUT2D eigenvalue weighted by Crippen LogP contribution is 2.35. The molecule has 3 aromatic carbocycles. The molecule has 0 N–H and O–H groups in total. The number of benzene rings is 3. The first-order valence-corrected chi connectivity index (χ1v) is 11.5. The van der Waals surface area contributed by atoms with Gasteiger partial charge in [-0.25, -0.2) is 0 Å². The van der Waals surface area contributed by atoms with Crippen LogP contribution in [0.1, 0.15) is 16.7 Å². The van der Waals surface area contributed by atoms with E-state index >= 15 is 0 Å². The van der Waals surface area contributed by atoms with Crippen molar-refractivity contribution in [1.82, 2.24) is 4.90 Å². The fraction of sp³-hybridized carbons (Fsp3) is 0.0833. The van der Waals surface area contributed by atoms with Crippen molar-refractivity contribution in [2.24, 2.45) is 0 Å². The average Bonchev–Trinajstić information content (AvgIpc) is 3.04. The minimum atomic E-state index is -0.376. The van der Waals surface area contributed by atoms with Crippen LogP contribution in [0.15, 0.2) is 71.6 Å². The third-order valence-corrected chi connectivity index (χ3v) is 6.62. The highest BCUT2D eigenvalue weighted by Gasteiger charge is 2.35. The third-order valence-electron chi connectivity index (χ3n) is 4.75. The Bertz CT molecular complexity index is 1170. The Balaban J connectivity index is 1.42. The van der Waals surface area contributed by atoms with Crippen molar-refractivity contribution in [1.29, 1.82) is 0 Å². The van der Waals surface area contributed by atoms with Gasteiger partial charge in [-0.2, -0.15) is 0 Å². The van der Waals surface area contributed by atoms with Gasteiger partial charge in [0.15, 0.2) is 0 Å². The molecule has 0 spiro atoms. The summed E-state index contributed by atoms with van der Waals surface area (Å²) >= 11 is 19.1. The van der Waals surface area contributed by atoms with Gasteiger partial charge in [0, 0.05) is 20.6 Å². The molecule has 0 saturated carbocycles. The number of carbonyl (C=O) groups excluding carboxylic acids is 2. The lowest BCUT2D eigenvalue weighted by Gasteiger charge is -2.14. The highest BCUT2D eigenvalue weighted by atomic mass is 35.5. The summed E-state index contributed by atoms with van der Waals surface area (Å²) in [5.74, 6) is 0.317. The van der Waals surface area contributed by atoms with E-state index in [4.69, 9.17) is 39.5 Å². The molecular weight excluding hydrogens is 489 g/mol. The van der Waals surface area contributed by atoms with E-state index in [0.717, 1.165) is 27.8 Å². The lowest BCUT2D eigenvalue weighted by molar-refractivity contribution is -0.123. The van der Waals surface area contributed by atoms with Crippen LogP contribution in [0.25, 0.3) is 6.08 Å². The molecule has 1 aliphatic heterocycles. The van der Waals surface area contributed by atoms with Crippen LogP contribution < -0.4 is 4.74 Å². The molecule has 4 nitrogen and oxygen atoms in total. The second-order valence-electron chi connectivity index (χ2n) is 6.95. The summed E-state index contributed by atoms with van der Waals surface area (Å²) in [7, 11) is 0. The predicted octanol–water partition coefficient (Wildman–Crippen LogP) is 7.46. The monoisotopic (exact) mass is 503 g/mol. The standard InChI is InChI=1S/C24H16Cl3NO3S/c25-17-8-4-16(5-9-17)14-31-18-10-6-15(7-11-18)12-22-23(29)28(24(30)32-22)13-19-20(26)2-1-3-21(19)27/h1-12H,13-14H2/b22-12+. The minimum absolute atomic E-state index is 0.0258. The first-order valence-electron chi connectivity index (χ1n) is 9.56. The Kier molecular flexibility index (Phi) is 7.11. The van der Waals surface area contributed by atoms with Crippen molar-refractivity contribution in [3.8, 4) is 5.75 Å². The lowest BCUT2D eigenvalue weighted by atomic mass is 10.2. The number of rotatable bonds is 6. The van der Waals surface area contributed by atoms with Crippen LogP contribution in [-0.4, -0.2) is 16.0 Å². The molecule has 0 radical (unpaired) electrons. The van der Waals surface area contributed by atoms with E-state index in [9.17, 15) is 9.59 Å². The molecule has 0 unspecified atom stereocenters. The maximum Gasteiger partial charge on any atom is 0.293 e. The van der Waals surface area contributed by atoms with E-state index in [1.807, 2.05) is 48.5 Å². The van der Waals surface area contributed by atoms with Gasteiger partial charge in [0.25, 0.3) is 11.1 Å². The van der Waals surface area contributed by atoms with Crippen LogP contribution >= 0.6 is 46.6 Å². The van der Waals surface area contributed by atoms with Crippen LogP contribution in [-0.2, 0) is 17.9 Å². The van der Waals surface area contributed by atoms with E-state index < -0.39 is 0 Å². The number of carbonyl (C=O) groups is 2. The number of hydrogen-bond donors (Lipinski definition) is 0. The molecule has 0 bridgehead atoms. The summed E-state index contributed by atoms with van der Waals surface area (Å²) in [6.45, 7) is 0.442. The molecule has 32 heavy (non-hydrogen) atoms. The maximum atomic E-state index is 12.8. The largest absolute Gasteiger partial charge is 0.489 e. The van der Waals surface area contributed by atoms with E-state index in [2.05, 4.69) is 0 Å². The molecule has 0 aliphatic carbocycles. The van der Waals surface area contributed by atoms with E-state index in [-0.39, 0.29) is 17.7 Å². The topological polar surface area (TPSA) is 46.6 Å². The summed E-state index contributed by atoms with van der Waals surface area (Å²) in [5.41, 5.74) is 2.33. The van der Waals surface area contributed by atoms with Gasteiger partial charge in [0.2, 0.25) is 0 Å². The maximum absolute atomic E-state index is 12.8. The molecule has 162 valence electrons. The molecule has 0 atom stereocenters. The Labute approximate surface area is 204 Å². The summed E-state index contributed by atoms with van der Waals surface area (Å²) < 4.78 is 5.78. The zero-order chi connectivity index (χ0) is 22.7. The van der Waals surface area contributed by atoms with Gasteiger partial charge in [0.05, 0.1) is 11.4 Å². The van der Waals surface area contributed by atoms with Crippen molar-refractivity contribution >= 4 is 63.8 Å². The number of thioether (sulfide) groups is 1. The number of hydrogen-bond acceptors (Lipinski definition) is 4.